The van der Waals surface area contributed by atoms with Crippen molar-refractivity contribution in [2.75, 3.05) is 18.6 Å². The molecular weight excluding hydrogens is 318 g/mol. The molecule has 1 fully saturated rings. The molecule has 25 heavy (non-hydrogen) atoms. The van der Waals surface area contributed by atoms with Crippen molar-refractivity contribution in [3.63, 3.8) is 0 Å². The Kier molecular flexibility index (Phi) is 5.14. The maximum atomic E-state index is 12.5. The highest BCUT2D eigenvalue weighted by atomic mass is 16.6. The lowest BCUT2D eigenvalue weighted by molar-refractivity contribution is -0.144. The van der Waals surface area contributed by atoms with Gasteiger partial charge in [0.2, 0.25) is 0 Å². The third kappa shape index (κ3) is 4.06. The molecule has 2 aromatic rings. The third-order valence-corrected chi connectivity index (χ3v) is 4.24. The van der Waals surface area contributed by atoms with Crippen LogP contribution in [-0.4, -0.2) is 31.6 Å². The second-order valence-corrected chi connectivity index (χ2v) is 6.15. The molecule has 130 valence electrons. The molecule has 1 amide bonds. The van der Waals surface area contributed by atoms with Crippen LogP contribution in [0.1, 0.15) is 28.8 Å². The van der Waals surface area contributed by atoms with Gasteiger partial charge in [-0.3, -0.25) is 4.79 Å². The van der Waals surface area contributed by atoms with Crippen LogP contribution in [0.25, 0.3) is 0 Å². The number of amides is 1. The van der Waals surface area contributed by atoms with E-state index in [1.165, 1.54) is 0 Å². The molecular formula is C20H21NO4. The molecule has 0 bridgehead atoms. The van der Waals surface area contributed by atoms with Crippen molar-refractivity contribution in [3.8, 4) is 5.75 Å². The van der Waals surface area contributed by atoms with Crippen LogP contribution in [0.15, 0.2) is 48.5 Å². The van der Waals surface area contributed by atoms with Crippen molar-refractivity contribution in [1.29, 1.82) is 0 Å². The van der Waals surface area contributed by atoms with Crippen LogP contribution in [0.3, 0.4) is 0 Å². The molecule has 1 aliphatic rings. The molecule has 5 nitrogen and oxygen atoms in total. The van der Waals surface area contributed by atoms with Crippen LogP contribution in [-0.2, 0) is 9.53 Å². The summed E-state index contributed by atoms with van der Waals surface area (Å²) in [5.74, 6) is -0.0149. The normalized spacial score (nSPS) is 16.5. The fraction of sp³-hybridized carbons (Fsp3) is 0.300. The van der Waals surface area contributed by atoms with Crippen molar-refractivity contribution in [2.24, 2.45) is 0 Å². The number of aryl methyl sites for hydroxylation is 1. The number of carbonyl (C=O) groups is 2. The van der Waals surface area contributed by atoms with E-state index in [1.54, 1.807) is 36.2 Å². The summed E-state index contributed by atoms with van der Waals surface area (Å²) in [6.45, 7) is 2.58. The summed E-state index contributed by atoms with van der Waals surface area (Å²) in [6.07, 6.45) is 1.11. The number of rotatable bonds is 4. The fourth-order valence-electron chi connectivity index (χ4n) is 2.69. The van der Waals surface area contributed by atoms with Gasteiger partial charge >= 0.3 is 5.97 Å². The lowest BCUT2D eigenvalue weighted by atomic mass is 10.1. The van der Waals surface area contributed by atoms with Gasteiger partial charge in [0, 0.05) is 24.9 Å². The standard InChI is InChI=1S/C20H21NO4/c1-14-5-7-15(8-6-14)19(22)21(2)16-9-11-17(12-10-16)25-20(23)18-4-3-13-24-18/h5-12,18H,3-4,13H2,1-2H3. The monoisotopic (exact) mass is 339 g/mol. The van der Waals surface area contributed by atoms with E-state index in [0.717, 1.165) is 17.7 Å². The van der Waals surface area contributed by atoms with Crippen molar-refractivity contribution in [3.05, 3.63) is 59.7 Å². The Morgan fingerprint density at radius 2 is 1.76 bits per heavy atom. The number of esters is 1. The maximum Gasteiger partial charge on any atom is 0.340 e. The van der Waals surface area contributed by atoms with Gasteiger partial charge in [0.1, 0.15) is 5.75 Å². The molecule has 0 spiro atoms. The summed E-state index contributed by atoms with van der Waals surface area (Å²) >= 11 is 0. The largest absolute Gasteiger partial charge is 0.425 e. The highest BCUT2D eigenvalue weighted by Crippen LogP contribution is 2.22. The molecule has 1 saturated heterocycles. The van der Waals surface area contributed by atoms with Gasteiger partial charge in [0.25, 0.3) is 5.91 Å². The minimum Gasteiger partial charge on any atom is -0.425 e. The number of anilines is 1. The summed E-state index contributed by atoms with van der Waals surface area (Å²) in [5.41, 5.74) is 2.46. The molecule has 0 radical (unpaired) electrons. The van der Waals surface area contributed by atoms with Gasteiger partial charge < -0.3 is 14.4 Å². The topological polar surface area (TPSA) is 55.8 Å². The smallest absolute Gasteiger partial charge is 0.340 e. The molecule has 1 heterocycles. The van der Waals surface area contributed by atoms with Crippen molar-refractivity contribution >= 4 is 17.6 Å². The lowest BCUT2D eigenvalue weighted by Crippen LogP contribution is -2.26. The second-order valence-electron chi connectivity index (χ2n) is 6.15. The van der Waals surface area contributed by atoms with Gasteiger partial charge in [-0.2, -0.15) is 0 Å². The second kappa shape index (κ2) is 7.49. The SMILES string of the molecule is Cc1ccc(C(=O)N(C)c2ccc(OC(=O)C3CCCO3)cc2)cc1. The lowest BCUT2D eigenvalue weighted by Gasteiger charge is -2.18. The molecule has 1 unspecified atom stereocenters. The van der Waals surface area contributed by atoms with Crippen LogP contribution in [0.5, 0.6) is 5.75 Å². The first-order valence-corrected chi connectivity index (χ1v) is 8.32. The van der Waals surface area contributed by atoms with Gasteiger partial charge in [-0.25, -0.2) is 4.79 Å². The zero-order chi connectivity index (χ0) is 17.8. The Morgan fingerprint density at radius 1 is 1.08 bits per heavy atom. The van der Waals surface area contributed by atoms with Crippen molar-refractivity contribution in [1.82, 2.24) is 0 Å². The number of carbonyl (C=O) groups excluding carboxylic acids is 2. The van der Waals surface area contributed by atoms with Crippen LogP contribution in [0, 0.1) is 6.92 Å². The Labute approximate surface area is 147 Å². The molecule has 0 aliphatic carbocycles. The number of nitrogens with zero attached hydrogens (tertiary/aromatic N) is 1. The summed E-state index contributed by atoms with van der Waals surface area (Å²) in [4.78, 5) is 26.0. The molecule has 1 aliphatic heterocycles. The van der Waals surface area contributed by atoms with Crippen LogP contribution in [0.2, 0.25) is 0 Å². The average Bonchev–Trinajstić information content (AvgIpc) is 3.17. The zero-order valence-corrected chi connectivity index (χ0v) is 14.4. The van der Waals surface area contributed by atoms with Crippen LogP contribution < -0.4 is 9.64 Å². The van der Waals surface area contributed by atoms with E-state index in [-0.39, 0.29) is 11.9 Å². The van der Waals surface area contributed by atoms with E-state index in [9.17, 15) is 9.59 Å². The van der Waals surface area contributed by atoms with Gasteiger partial charge in [-0.1, -0.05) is 17.7 Å². The van der Waals surface area contributed by atoms with E-state index in [2.05, 4.69) is 0 Å². The van der Waals surface area contributed by atoms with Gasteiger partial charge in [0.05, 0.1) is 0 Å². The fourth-order valence-corrected chi connectivity index (χ4v) is 2.69. The first kappa shape index (κ1) is 17.2. The Hall–Kier alpha value is -2.66. The predicted octanol–water partition coefficient (Wildman–Crippen LogP) is 3.36. The number of benzene rings is 2. The number of hydrogen-bond acceptors (Lipinski definition) is 4. The number of hydrogen-bond donors (Lipinski definition) is 0. The molecule has 5 heteroatoms. The molecule has 1 atom stereocenters. The first-order valence-electron chi connectivity index (χ1n) is 8.32. The highest BCUT2D eigenvalue weighted by molar-refractivity contribution is 6.05. The van der Waals surface area contributed by atoms with E-state index in [4.69, 9.17) is 9.47 Å². The Bertz CT molecular complexity index is 746. The van der Waals surface area contributed by atoms with E-state index < -0.39 is 6.10 Å². The Balaban J connectivity index is 1.65. The highest BCUT2D eigenvalue weighted by Gasteiger charge is 2.25. The van der Waals surface area contributed by atoms with Crippen LogP contribution >= 0.6 is 0 Å². The Morgan fingerprint density at radius 3 is 2.36 bits per heavy atom. The molecule has 3 rings (SSSR count). The quantitative estimate of drug-likeness (QED) is 0.633. The van der Waals surface area contributed by atoms with Crippen LogP contribution in [0.4, 0.5) is 5.69 Å². The van der Waals surface area contributed by atoms with E-state index >= 15 is 0 Å². The molecule has 2 aromatic carbocycles. The maximum absolute atomic E-state index is 12.5. The minimum absolute atomic E-state index is 0.0934. The zero-order valence-electron chi connectivity index (χ0n) is 14.4. The summed E-state index contributed by atoms with van der Waals surface area (Å²) in [6, 6.07) is 14.3. The van der Waals surface area contributed by atoms with Gasteiger partial charge in [0.15, 0.2) is 6.10 Å². The van der Waals surface area contributed by atoms with E-state index in [1.807, 2.05) is 31.2 Å². The molecule has 0 N–H and O–H groups in total. The third-order valence-electron chi connectivity index (χ3n) is 4.24. The summed E-state index contributed by atoms with van der Waals surface area (Å²) in [5, 5.41) is 0. The predicted molar refractivity (Wildman–Crippen MR) is 95.0 cm³/mol. The van der Waals surface area contributed by atoms with Gasteiger partial charge in [-0.15, -0.1) is 0 Å². The summed E-state index contributed by atoms with van der Waals surface area (Å²) in [7, 11) is 1.72. The van der Waals surface area contributed by atoms with E-state index in [0.29, 0.717) is 24.3 Å². The number of ether oxygens (including phenoxy) is 2. The molecule has 0 aromatic heterocycles. The van der Waals surface area contributed by atoms with Crippen molar-refractivity contribution in [2.45, 2.75) is 25.9 Å². The summed E-state index contributed by atoms with van der Waals surface area (Å²) < 4.78 is 10.6. The van der Waals surface area contributed by atoms with Crippen molar-refractivity contribution < 1.29 is 19.1 Å². The average molecular weight is 339 g/mol. The first-order chi connectivity index (χ1) is 12.0. The molecule has 0 saturated carbocycles. The van der Waals surface area contributed by atoms with Gasteiger partial charge in [-0.05, 0) is 56.2 Å². The minimum atomic E-state index is -0.467.